The van der Waals surface area contributed by atoms with E-state index in [4.69, 9.17) is 4.74 Å². The average Bonchev–Trinajstić information content (AvgIpc) is 2.64. The van der Waals surface area contributed by atoms with Gasteiger partial charge in [0, 0.05) is 34.4 Å². The van der Waals surface area contributed by atoms with Gasteiger partial charge in [-0.3, -0.25) is 10.1 Å². The molecule has 0 radical (unpaired) electrons. The first kappa shape index (κ1) is 17.5. The van der Waals surface area contributed by atoms with Crippen molar-refractivity contribution in [2.45, 2.75) is 43.7 Å². The number of nitro groups is 1. The first-order chi connectivity index (χ1) is 13.1. The van der Waals surface area contributed by atoms with Gasteiger partial charge < -0.3 is 10.1 Å². The highest BCUT2D eigenvalue weighted by atomic mass is 16.6. The van der Waals surface area contributed by atoms with E-state index in [0.717, 1.165) is 28.7 Å². The van der Waals surface area contributed by atoms with Crippen molar-refractivity contribution in [2.24, 2.45) is 0 Å². The van der Waals surface area contributed by atoms with E-state index >= 15 is 0 Å². The van der Waals surface area contributed by atoms with Crippen LogP contribution < -0.4 is 5.32 Å². The quantitative estimate of drug-likeness (QED) is 0.659. The summed E-state index contributed by atoms with van der Waals surface area (Å²) in [6.07, 6.45) is 1.18. The molecule has 1 atom stereocenters. The van der Waals surface area contributed by atoms with Gasteiger partial charge in [-0.15, -0.1) is 0 Å². The third kappa shape index (κ3) is 2.67. The normalized spacial score (nSPS) is 25.5. The fraction of sp³-hybridized carbons (Fsp3) is 0.381. The van der Waals surface area contributed by atoms with Crippen LogP contribution in [0.1, 0.15) is 54.4 Å². The summed E-state index contributed by atoms with van der Waals surface area (Å²) in [6.45, 7) is 2.01. The van der Waals surface area contributed by atoms with Crippen LogP contribution in [0.15, 0.2) is 48.5 Å². The third-order valence-corrected chi connectivity index (χ3v) is 5.82. The third-order valence-electron chi connectivity index (χ3n) is 5.82. The van der Waals surface area contributed by atoms with Gasteiger partial charge in [-0.05, 0) is 30.9 Å². The number of benzene rings is 2. The minimum absolute atomic E-state index is 0.0947. The number of alkyl carbamates (subject to hydrolysis) is 1. The number of carbonyl (C=O) groups excluding carboxylic acids is 1. The highest BCUT2D eigenvalue weighted by molar-refractivity contribution is 5.67. The van der Waals surface area contributed by atoms with Gasteiger partial charge in [0.05, 0.1) is 6.61 Å². The van der Waals surface area contributed by atoms with Crippen LogP contribution in [0, 0.1) is 10.1 Å². The topological polar surface area (TPSA) is 81.5 Å². The van der Waals surface area contributed by atoms with Crippen LogP contribution in [0.25, 0.3) is 0 Å². The molecule has 0 spiro atoms. The maximum absolute atomic E-state index is 12.5. The van der Waals surface area contributed by atoms with Crippen molar-refractivity contribution in [3.8, 4) is 0 Å². The smallest absolute Gasteiger partial charge is 0.407 e. The molecule has 3 aliphatic carbocycles. The van der Waals surface area contributed by atoms with Crippen molar-refractivity contribution in [3.63, 3.8) is 0 Å². The molecule has 6 heteroatoms. The fourth-order valence-electron chi connectivity index (χ4n) is 4.76. The molecule has 2 aromatic rings. The van der Waals surface area contributed by atoms with Crippen LogP contribution in [-0.4, -0.2) is 23.7 Å². The summed E-state index contributed by atoms with van der Waals surface area (Å²) in [4.78, 5) is 24.3. The van der Waals surface area contributed by atoms with E-state index < -0.39 is 11.6 Å². The van der Waals surface area contributed by atoms with E-state index in [1.54, 1.807) is 6.92 Å². The Morgan fingerprint density at radius 1 is 1.15 bits per heavy atom. The van der Waals surface area contributed by atoms with E-state index in [2.05, 4.69) is 5.32 Å². The number of hydrogen-bond donors (Lipinski definition) is 1. The number of hydrogen-bond acceptors (Lipinski definition) is 4. The molecule has 0 aromatic heterocycles. The number of nitrogens with one attached hydrogen (secondary N) is 1. The number of rotatable bonds is 3. The van der Waals surface area contributed by atoms with Gasteiger partial charge in [0.2, 0.25) is 0 Å². The molecule has 0 heterocycles. The molecular weight excluding hydrogens is 344 g/mol. The van der Waals surface area contributed by atoms with Crippen LogP contribution in [-0.2, 0) is 10.3 Å². The Morgan fingerprint density at radius 2 is 1.74 bits per heavy atom. The highest BCUT2D eigenvalue weighted by Gasteiger charge is 2.56. The van der Waals surface area contributed by atoms with Crippen molar-refractivity contribution in [1.29, 1.82) is 0 Å². The second kappa shape index (κ2) is 6.68. The van der Waals surface area contributed by atoms with Crippen LogP contribution >= 0.6 is 0 Å². The maximum atomic E-state index is 12.5. The molecule has 0 saturated carbocycles. The van der Waals surface area contributed by atoms with E-state index in [9.17, 15) is 14.9 Å². The van der Waals surface area contributed by atoms with Crippen LogP contribution in [0.3, 0.4) is 0 Å². The molecule has 1 amide bonds. The minimum atomic E-state index is -1.37. The molecular formula is C21H22N2O4. The van der Waals surface area contributed by atoms with Gasteiger partial charge >= 0.3 is 6.09 Å². The molecule has 1 N–H and O–H groups in total. The standard InChI is InChI=1S/C21H22N2O4/c1-2-27-20(24)22-14-11-12-15-16-7-3-5-9-18(16)21(13-14,23(25)26)19-10-6-4-8-17(15)19/h3-10,14-15H,2,11-13H2,1H3,(H,22,24). The van der Waals surface area contributed by atoms with Crippen LogP contribution in [0.5, 0.6) is 0 Å². The summed E-state index contributed by atoms with van der Waals surface area (Å²) in [5.41, 5.74) is 2.18. The Balaban J connectivity index is 1.88. The Kier molecular flexibility index (Phi) is 4.34. The lowest BCUT2D eigenvalue weighted by Crippen LogP contribution is -2.50. The zero-order valence-corrected chi connectivity index (χ0v) is 15.2. The number of fused-ring (bicyclic) bond motifs is 3. The highest BCUT2D eigenvalue weighted by Crippen LogP contribution is 2.52. The summed E-state index contributed by atoms with van der Waals surface area (Å²) >= 11 is 0. The Hall–Kier alpha value is -2.89. The van der Waals surface area contributed by atoms with Gasteiger partial charge in [0.15, 0.2) is 0 Å². The molecule has 0 saturated heterocycles. The van der Waals surface area contributed by atoms with E-state index in [-0.39, 0.29) is 29.9 Å². The summed E-state index contributed by atoms with van der Waals surface area (Å²) in [6, 6.07) is 15.0. The van der Waals surface area contributed by atoms with Gasteiger partial charge in [0.25, 0.3) is 5.54 Å². The molecule has 1 unspecified atom stereocenters. The van der Waals surface area contributed by atoms with E-state index in [0.29, 0.717) is 6.42 Å². The lowest BCUT2D eigenvalue weighted by atomic mass is 9.62. The summed E-state index contributed by atoms with van der Waals surface area (Å²) < 4.78 is 5.01. The first-order valence-corrected chi connectivity index (χ1v) is 9.34. The predicted molar refractivity (Wildman–Crippen MR) is 100 cm³/mol. The maximum Gasteiger partial charge on any atom is 0.407 e. The van der Waals surface area contributed by atoms with Gasteiger partial charge in [0.1, 0.15) is 0 Å². The molecule has 0 fully saturated rings. The SMILES string of the molecule is CCOC(=O)NC1CCC2c3ccccc3C([N+](=O)[O-])(C1)c1ccccc12. The average molecular weight is 366 g/mol. The number of ether oxygens (including phenoxy) is 1. The number of carbonyl (C=O) groups is 1. The molecule has 6 nitrogen and oxygen atoms in total. The van der Waals surface area contributed by atoms with E-state index in [1.165, 1.54) is 0 Å². The Labute approximate surface area is 157 Å². The molecule has 5 rings (SSSR count). The fourth-order valence-corrected chi connectivity index (χ4v) is 4.76. The van der Waals surface area contributed by atoms with E-state index in [1.807, 2.05) is 48.5 Å². The van der Waals surface area contributed by atoms with Gasteiger partial charge in [-0.25, -0.2) is 4.79 Å². The number of nitrogens with zero attached hydrogens (tertiary/aromatic N) is 1. The van der Waals surface area contributed by atoms with Crippen LogP contribution in [0.2, 0.25) is 0 Å². The molecule has 27 heavy (non-hydrogen) atoms. The van der Waals surface area contributed by atoms with Crippen molar-refractivity contribution in [2.75, 3.05) is 6.61 Å². The summed E-state index contributed by atoms with van der Waals surface area (Å²) in [5, 5.41) is 15.4. The van der Waals surface area contributed by atoms with Gasteiger partial charge in [-0.2, -0.15) is 0 Å². The molecule has 0 aliphatic heterocycles. The number of amides is 1. The first-order valence-electron chi connectivity index (χ1n) is 9.34. The molecule has 2 bridgehead atoms. The lowest BCUT2D eigenvalue weighted by Gasteiger charge is -2.42. The Morgan fingerprint density at radius 3 is 2.30 bits per heavy atom. The molecule has 140 valence electrons. The van der Waals surface area contributed by atoms with Crippen molar-refractivity contribution >= 4 is 6.09 Å². The zero-order chi connectivity index (χ0) is 19.0. The minimum Gasteiger partial charge on any atom is -0.450 e. The molecule has 3 aliphatic rings. The predicted octanol–water partition coefficient (Wildman–Crippen LogP) is 3.95. The molecule has 2 aromatic carbocycles. The zero-order valence-electron chi connectivity index (χ0n) is 15.2. The van der Waals surface area contributed by atoms with Gasteiger partial charge in [-0.1, -0.05) is 48.5 Å². The van der Waals surface area contributed by atoms with Crippen molar-refractivity contribution < 1.29 is 14.5 Å². The lowest BCUT2D eigenvalue weighted by molar-refractivity contribution is -0.569. The van der Waals surface area contributed by atoms with Crippen molar-refractivity contribution in [1.82, 2.24) is 5.32 Å². The second-order valence-electron chi connectivity index (χ2n) is 7.19. The summed E-state index contributed by atoms with van der Waals surface area (Å²) in [7, 11) is 0. The Bertz CT molecular complexity index is 848. The monoisotopic (exact) mass is 366 g/mol. The summed E-state index contributed by atoms with van der Waals surface area (Å²) in [5.74, 6) is 0.0947. The second-order valence-corrected chi connectivity index (χ2v) is 7.19. The van der Waals surface area contributed by atoms with Crippen molar-refractivity contribution in [3.05, 3.63) is 80.9 Å². The largest absolute Gasteiger partial charge is 0.450 e. The van der Waals surface area contributed by atoms with Crippen LogP contribution in [0.4, 0.5) is 4.79 Å².